The summed E-state index contributed by atoms with van der Waals surface area (Å²) in [6, 6.07) is 3.54. The molecule has 0 aliphatic carbocycles. The third-order valence-corrected chi connectivity index (χ3v) is 4.31. The van der Waals surface area contributed by atoms with E-state index in [9.17, 15) is 12.8 Å². The summed E-state index contributed by atoms with van der Waals surface area (Å²) >= 11 is 2.92. The van der Waals surface area contributed by atoms with E-state index in [4.69, 9.17) is 5.73 Å². The molecule has 0 atom stereocenters. The Morgan fingerprint density at radius 2 is 2.16 bits per heavy atom. The molecule has 2 rings (SSSR count). The molecule has 1 aromatic carbocycles. The maximum absolute atomic E-state index is 13.2. The molecule has 1 heterocycles. The number of halogens is 2. The van der Waals surface area contributed by atoms with E-state index in [1.165, 1.54) is 10.7 Å². The Balaban J connectivity index is 2.42. The van der Waals surface area contributed by atoms with Gasteiger partial charge in [0, 0.05) is 19.3 Å². The van der Waals surface area contributed by atoms with E-state index in [0.717, 1.165) is 12.1 Å². The molecular weight excluding hydrogens is 339 g/mol. The molecule has 2 aromatic rings. The number of hydrogen-bond acceptors (Lipinski definition) is 4. The predicted molar refractivity (Wildman–Crippen MR) is 72.5 cm³/mol. The number of nitrogens with zero attached hydrogens (tertiary/aromatic N) is 2. The molecule has 0 fully saturated rings. The molecule has 0 saturated heterocycles. The van der Waals surface area contributed by atoms with E-state index in [1.54, 1.807) is 13.2 Å². The van der Waals surface area contributed by atoms with Gasteiger partial charge in [-0.05, 0) is 28.1 Å². The molecule has 0 bridgehead atoms. The minimum atomic E-state index is -3.92. The molecule has 0 unspecified atom stereocenters. The Kier molecular flexibility index (Phi) is 3.50. The topological polar surface area (TPSA) is 90.0 Å². The number of anilines is 2. The number of rotatable bonds is 3. The largest absolute Gasteiger partial charge is 0.398 e. The van der Waals surface area contributed by atoms with Gasteiger partial charge in [0.25, 0.3) is 10.0 Å². The zero-order valence-corrected chi connectivity index (χ0v) is 12.2. The lowest BCUT2D eigenvalue weighted by atomic mass is 10.3. The van der Waals surface area contributed by atoms with Gasteiger partial charge in [0.05, 0.1) is 10.2 Å². The Morgan fingerprint density at radius 3 is 2.74 bits per heavy atom. The fraction of sp³-hybridized carbons (Fsp3) is 0.100. The number of nitrogens with one attached hydrogen (secondary N) is 1. The van der Waals surface area contributed by atoms with Crippen molar-refractivity contribution in [2.45, 2.75) is 4.90 Å². The molecule has 9 heteroatoms. The quantitative estimate of drug-likeness (QED) is 0.826. The molecule has 0 aliphatic heterocycles. The van der Waals surface area contributed by atoms with E-state index in [1.807, 2.05) is 0 Å². The highest BCUT2D eigenvalue weighted by molar-refractivity contribution is 9.10. The number of nitrogen functional groups attached to an aromatic ring is 1. The van der Waals surface area contributed by atoms with E-state index in [2.05, 4.69) is 25.8 Å². The van der Waals surface area contributed by atoms with Crippen molar-refractivity contribution < 1.29 is 12.8 Å². The number of hydrogen-bond donors (Lipinski definition) is 2. The van der Waals surface area contributed by atoms with Gasteiger partial charge in [-0.25, -0.2) is 12.8 Å². The van der Waals surface area contributed by atoms with Gasteiger partial charge < -0.3 is 5.73 Å². The van der Waals surface area contributed by atoms with Crippen LogP contribution in [0.2, 0.25) is 0 Å². The second kappa shape index (κ2) is 4.82. The fourth-order valence-corrected chi connectivity index (χ4v) is 3.07. The molecular formula is C10H10BrFN4O2S. The van der Waals surface area contributed by atoms with Crippen molar-refractivity contribution in [3.8, 4) is 0 Å². The Hall–Kier alpha value is -1.61. The lowest BCUT2D eigenvalue weighted by molar-refractivity contribution is 0.599. The Bertz CT molecular complexity index is 729. The number of aryl methyl sites for hydroxylation is 1. The summed E-state index contributed by atoms with van der Waals surface area (Å²) in [7, 11) is -2.26. The van der Waals surface area contributed by atoms with Crippen LogP contribution >= 0.6 is 15.9 Å². The van der Waals surface area contributed by atoms with Crippen LogP contribution in [0.5, 0.6) is 0 Å². The van der Waals surface area contributed by atoms with Crippen LogP contribution in [0.3, 0.4) is 0 Å². The number of benzene rings is 1. The van der Waals surface area contributed by atoms with Crippen molar-refractivity contribution >= 4 is 37.5 Å². The second-order valence-corrected chi connectivity index (χ2v) is 6.29. The molecule has 0 amide bonds. The first kappa shape index (κ1) is 13.8. The third-order valence-electron chi connectivity index (χ3n) is 2.29. The average molecular weight is 349 g/mol. The van der Waals surface area contributed by atoms with Gasteiger partial charge >= 0.3 is 0 Å². The number of sulfonamides is 1. The highest BCUT2D eigenvalue weighted by Crippen LogP contribution is 2.27. The summed E-state index contributed by atoms with van der Waals surface area (Å²) in [4.78, 5) is -0.216. The van der Waals surface area contributed by atoms with E-state index in [0.29, 0.717) is 0 Å². The number of nitrogens with two attached hydrogens (primary N) is 1. The van der Waals surface area contributed by atoms with Crippen molar-refractivity contribution in [2.24, 2.45) is 7.05 Å². The summed E-state index contributed by atoms with van der Waals surface area (Å²) in [6.45, 7) is 0. The van der Waals surface area contributed by atoms with Crippen LogP contribution < -0.4 is 10.5 Å². The number of aromatic nitrogens is 2. The summed E-state index contributed by atoms with van der Waals surface area (Å²) in [5, 5.41) is 3.89. The van der Waals surface area contributed by atoms with Crippen LogP contribution in [0, 0.1) is 5.82 Å². The zero-order chi connectivity index (χ0) is 14.2. The van der Waals surface area contributed by atoms with Crippen LogP contribution in [-0.2, 0) is 17.1 Å². The molecule has 6 nitrogen and oxygen atoms in total. The molecule has 102 valence electrons. The van der Waals surface area contributed by atoms with Crippen LogP contribution in [-0.4, -0.2) is 18.2 Å². The Morgan fingerprint density at radius 1 is 1.47 bits per heavy atom. The van der Waals surface area contributed by atoms with Gasteiger partial charge in [0.15, 0.2) is 5.82 Å². The molecule has 0 spiro atoms. The minimum absolute atomic E-state index is 0.0168. The molecule has 0 radical (unpaired) electrons. The van der Waals surface area contributed by atoms with E-state index < -0.39 is 15.8 Å². The summed E-state index contributed by atoms with van der Waals surface area (Å²) < 4.78 is 41.2. The smallest absolute Gasteiger partial charge is 0.265 e. The first-order valence-corrected chi connectivity index (χ1v) is 7.34. The van der Waals surface area contributed by atoms with Crippen molar-refractivity contribution in [1.29, 1.82) is 0 Å². The predicted octanol–water partition coefficient (Wildman–Crippen LogP) is 1.70. The maximum Gasteiger partial charge on any atom is 0.265 e. The summed E-state index contributed by atoms with van der Waals surface area (Å²) in [6.07, 6.45) is 1.59. The van der Waals surface area contributed by atoms with Crippen LogP contribution in [0.1, 0.15) is 0 Å². The Labute approximate surface area is 117 Å². The lowest BCUT2D eigenvalue weighted by Crippen LogP contribution is -2.15. The van der Waals surface area contributed by atoms with E-state index in [-0.39, 0.29) is 20.9 Å². The van der Waals surface area contributed by atoms with Gasteiger partial charge in [-0.15, -0.1) is 0 Å². The van der Waals surface area contributed by atoms with Gasteiger partial charge in [-0.1, -0.05) is 0 Å². The van der Waals surface area contributed by atoms with Crippen molar-refractivity contribution in [3.63, 3.8) is 0 Å². The SMILES string of the molecule is Cn1ccc(NS(=O)(=O)c2cc(Br)c(F)cc2N)n1. The molecule has 1 aromatic heterocycles. The molecule has 19 heavy (non-hydrogen) atoms. The fourth-order valence-electron chi connectivity index (χ4n) is 1.44. The monoisotopic (exact) mass is 348 g/mol. The second-order valence-electron chi connectivity index (χ2n) is 3.78. The van der Waals surface area contributed by atoms with Gasteiger partial charge in [-0.3, -0.25) is 9.40 Å². The van der Waals surface area contributed by atoms with Crippen molar-refractivity contribution in [2.75, 3.05) is 10.5 Å². The summed E-state index contributed by atoms with van der Waals surface area (Å²) in [5.74, 6) is -0.475. The highest BCUT2D eigenvalue weighted by Gasteiger charge is 2.20. The summed E-state index contributed by atoms with van der Waals surface area (Å²) in [5.41, 5.74) is 5.35. The van der Waals surface area contributed by atoms with Crippen LogP contribution in [0.4, 0.5) is 15.9 Å². The first-order valence-electron chi connectivity index (χ1n) is 5.06. The molecule has 3 N–H and O–H groups in total. The van der Waals surface area contributed by atoms with Crippen LogP contribution in [0.25, 0.3) is 0 Å². The highest BCUT2D eigenvalue weighted by atomic mass is 79.9. The lowest BCUT2D eigenvalue weighted by Gasteiger charge is -2.09. The van der Waals surface area contributed by atoms with Gasteiger partial charge in [-0.2, -0.15) is 5.10 Å². The third kappa shape index (κ3) is 2.87. The van der Waals surface area contributed by atoms with Crippen LogP contribution in [0.15, 0.2) is 33.8 Å². The first-order chi connectivity index (χ1) is 8.79. The average Bonchev–Trinajstić information content (AvgIpc) is 2.68. The maximum atomic E-state index is 13.2. The van der Waals surface area contributed by atoms with E-state index >= 15 is 0 Å². The zero-order valence-electron chi connectivity index (χ0n) is 9.76. The van der Waals surface area contributed by atoms with Crippen molar-refractivity contribution in [3.05, 3.63) is 34.7 Å². The molecule has 0 saturated carbocycles. The minimum Gasteiger partial charge on any atom is -0.398 e. The van der Waals surface area contributed by atoms with Gasteiger partial charge in [0.2, 0.25) is 0 Å². The molecule has 0 aliphatic rings. The normalized spacial score (nSPS) is 11.5. The standard InChI is InChI=1S/C10H10BrFN4O2S/c1-16-3-2-10(14-16)15-19(17,18)9-4-6(11)7(12)5-8(9)13/h2-5H,13H2,1H3,(H,14,15). The van der Waals surface area contributed by atoms with Crippen molar-refractivity contribution in [1.82, 2.24) is 9.78 Å². The van der Waals surface area contributed by atoms with Gasteiger partial charge in [0.1, 0.15) is 10.7 Å².